The zero-order valence-corrected chi connectivity index (χ0v) is 16.8. The summed E-state index contributed by atoms with van der Waals surface area (Å²) >= 11 is 0. The van der Waals surface area contributed by atoms with Gasteiger partial charge < -0.3 is 19.8 Å². The Kier molecular flexibility index (Phi) is 5.87. The summed E-state index contributed by atoms with van der Waals surface area (Å²) in [6.45, 7) is 1.10. The number of hydrogen-bond donors (Lipinski definition) is 2. The van der Waals surface area contributed by atoms with Gasteiger partial charge in [0.1, 0.15) is 5.75 Å². The molecule has 9 nitrogen and oxygen atoms in total. The molecule has 0 saturated heterocycles. The first-order chi connectivity index (χ1) is 14.7. The van der Waals surface area contributed by atoms with E-state index in [0.29, 0.717) is 24.7 Å². The summed E-state index contributed by atoms with van der Waals surface area (Å²) in [5.41, 5.74) is 0.935. The van der Waals surface area contributed by atoms with E-state index in [4.69, 9.17) is 9.15 Å². The number of ether oxygens (including phenoxy) is 1. The van der Waals surface area contributed by atoms with E-state index in [1.165, 1.54) is 4.68 Å². The maximum absolute atomic E-state index is 12.7. The highest BCUT2D eigenvalue weighted by Crippen LogP contribution is 2.36. The van der Waals surface area contributed by atoms with Gasteiger partial charge in [0.2, 0.25) is 5.82 Å². The van der Waals surface area contributed by atoms with Crippen molar-refractivity contribution in [1.29, 1.82) is 0 Å². The van der Waals surface area contributed by atoms with Crippen LogP contribution in [0.1, 0.15) is 24.4 Å². The first-order valence-electron chi connectivity index (χ1n) is 10.0. The van der Waals surface area contributed by atoms with Crippen molar-refractivity contribution in [1.82, 2.24) is 25.0 Å². The number of urea groups is 1. The second-order valence-corrected chi connectivity index (χ2v) is 7.19. The second-order valence-electron chi connectivity index (χ2n) is 7.19. The van der Waals surface area contributed by atoms with Crippen LogP contribution in [0.3, 0.4) is 0 Å². The standard InChI is InChI=1S/C21H25N5O4/c1-29-17-8-4-15(5-9-17)10-11-22-20(27)23-12-13-25-21(28)26(16-6-7-16)19(24-25)18-3-2-14-30-18/h2-5,8-9,14,16H,6-7,10-13H2,1H3,(H2,22,23,27). The minimum absolute atomic E-state index is 0.175. The molecule has 1 aliphatic rings. The molecule has 2 aromatic heterocycles. The van der Waals surface area contributed by atoms with Gasteiger partial charge in [0, 0.05) is 19.1 Å². The molecule has 9 heteroatoms. The zero-order valence-electron chi connectivity index (χ0n) is 16.8. The van der Waals surface area contributed by atoms with E-state index in [9.17, 15) is 9.59 Å². The molecule has 4 rings (SSSR count). The number of methoxy groups -OCH3 is 1. The Morgan fingerprint density at radius 2 is 1.97 bits per heavy atom. The normalized spacial score (nSPS) is 13.2. The number of benzene rings is 1. The molecule has 2 heterocycles. The van der Waals surface area contributed by atoms with E-state index in [-0.39, 0.29) is 24.3 Å². The number of carbonyl (C=O) groups excluding carboxylic acids is 1. The Hall–Kier alpha value is -3.49. The van der Waals surface area contributed by atoms with Gasteiger partial charge in [-0.05, 0) is 49.1 Å². The molecule has 0 atom stereocenters. The summed E-state index contributed by atoms with van der Waals surface area (Å²) in [6, 6.07) is 11.2. The van der Waals surface area contributed by atoms with Crippen LogP contribution in [0.5, 0.6) is 5.75 Å². The quantitative estimate of drug-likeness (QED) is 0.562. The maximum atomic E-state index is 12.7. The molecule has 3 aromatic rings. The minimum atomic E-state index is -0.274. The monoisotopic (exact) mass is 411 g/mol. The summed E-state index contributed by atoms with van der Waals surface area (Å²) < 4.78 is 13.6. The van der Waals surface area contributed by atoms with Crippen LogP contribution >= 0.6 is 0 Å². The van der Waals surface area contributed by atoms with Crippen LogP contribution in [0, 0.1) is 0 Å². The molecule has 0 bridgehead atoms. The lowest BCUT2D eigenvalue weighted by Crippen LogP contribution is -2.39. The third-order valence-corrected chi connectivity index (χ3v) is 4.99. The van der Waals surface area contributed by atoms with E-state index >= 15 is 0 Å². The van der Waals surface area contributed by atoms with Crippen LogP contribution in [0.25, 0.3) is 11.6 Å². The van der Waals surface area contributed by atoms with E-state index in [1.54, 1.807) is 30.1 Å². The van der Waals surface area contributed by atoms with Gasteiger partial charge in [-0.2, -0.15) is 0 Å². The molecule has 158 valence electrons. The lowest BCUT2D eigenvalue weighted by Gasteiger charge is -2.08. The van der Waals surface area contributed by atoms with Crippen LogP contribution in [-0.4, -0.2) is 40.6 Å². The third-order valence-electron chi connectivity index (χ3n) is 4.99. The van der Waals surface area contributed by atoms with Gasteiger partial charge >= 0.3 is 11.7 Å². The van der Waals surface area contributed by atoms with Gasteiger partial charge in [-0.1, -0.05) is 12.1 Å². The summed E-state index contributed by atoms with van der Waals surface area (Å²) in [7, 11) is 1.63. The Bertz CT molecular complexity index is 1030. The predicted molar refractivity (Wildman–Crippen MR) is 111 cm³/mol. The average Bonchev–Trinajstić information content (AvgIpc) is 3.33. The lowest BCUT2D eigenvalue weighted by atomic mass is 10.1. The first kappa shape index (κ1) is 19.8. The van der Waals surface area contributed by atoms with Crippen LogP contribution < -0.4 is 21.1 Å². The van der Waals surface area contributed by atoms with Crippen molar-refractivity contribution in [3.8, 4) is 17.3 Å². The summed E-state index contributed by atoms with van der Waals surface area (Å²) in [6.07, 6.45) is 4.21. The molecule has 2 N–H and O–H groups in total. The molecule has 0 aliphatic heterocycles. The highest BCUT2D eigenvalue weighted by atomic mass is 16.5. The summed E-state index contributed by atoms with van der Waals surface area (Å²) in [5.74, 6) is 1.91. The Morgan fingerprint density at radius 1 is 1.20 bits per heavy atom. The molecule has 30 heavy (non-hydrogen) atoms. The number of nitrogens with zero attached hydrogens (tertiary/aromatic N) is 3. The third kappa shape index (κ3) is 4.56. The van der Waals surface area contributed by atoms with Crippen LogP contribution in [-0.2, 0) is 13.0 Å². The maximum Gasteiger partial charge on any atom is 0.346 e. The molecule has 0 unspecified atom stereocenters. The van der Waals surface area contributed by atoms with Crippen LogP contribution in [0.4, 0.5) is 4.79 Å². The Balaban J connectivity index is 1.26. The van der Waals surface area contributed by atoms with E-state index in [0.717, 1.165) is 30.6 Å². The molecular formula is C21H25N5O4. The van der Waals surface area contributed by atoms with Gasteiger partial charge in [-0.15, -0.1) is 5.10 Å². The van der Waals surface area contributed by atoms with Gasteiger partial charge in [0.25, 0.3) is 0 Å². The van der Waals surface area contributed by atoms with E-state index < -0.39 is 0 Å². The SMILES string of the molecule is COc1ccc(CCNC(=O)NCCn2nc(-c3ccco3)n(C3CC3)c2=O)cc1. The summed E-state index contributed by atoms with van der Waals surface area (Å²) in [5, 5.41) is 10.0. The van der Waals surface area contributed by atoms with Crippen LogP contribution in [0.15, 0.2) is 51.9 Å². The fraction of sp³-hybridized carbons (Fsp3) is 0.381. The van der Waals surface area contributed by atoms with Gasteiger partial charge in [0.05, 0.1) is 19.9 Å². The molecule has 1 aromatic carbocycles. The largest absolute Gasteiger partial charge is 0.497 e. The highest BCUT2D eigenvalue weighted by molar-refractivity contribution is 5.73. The van der Waals surface area contributed by atoms with Crippen LogP contribution in [0.2, 0.25) is 0 Å². The van der Waals surface area contributed by atoms with Crippen molar-refractivity contribution in [3.63, 3.8) is 0 Å². The van der Waals surface area contributed by atoms with Crippen molar-refractivity contribution in [2.24, 2.45) is 0 Å². The smallest absolute Gasteiger partial charge is 0.346 e. The van der Waals surface area contributed by atoms with Crippen molar-refractivity contribution in [3.05, 3.63) is 58.7 Å². The number of hydrogen-bond acceptors (Lipinski definition) is 5. The fourth-order valence-electron chi connectivity index (χ4n) is 3.25. The topological polar surface area (TPSA) is 103 Å². The molecule has 0 spiro atoms. The number of furan rings is 1. The van der Waals surface area contributed by atoms with Crippen molar-refractivity contribution in [2.45, 2.75) is 31.8 Å². The Labute approximate surface area is 173 Å². The average molecular weight is 411 g/mol. The van der Waals surface area contributed by atoms with Gasteiger partial charge in [-0.3, -0.25) is 4.57 Å². The van der Waals surface area contributed by atoms with E-state index in [1.807, 2.05) is 24.3 Å². The molecule has 0 radical (unpaired) electrons. The fourth-order valence-corrected chi connectivity index (χ4v) is 3.25. The number of aromatic nitrogens is 3. The molecular weight excluding hydrogens is 386 g/mol. The zero-order chi connectivity index (χ0) is 20.9. The second kappa shape index (κ2) is 8.89. The van der Waals surface area contributed by atoms with Gasteiger partial charge in [-0.25, -0.2) is 14.3 Å². The number of amides is 2. The van der Waals surface area contributed by atoms with E-state index in [2.05, 4.69) is 15.7 Å². The van der Waals surface area contributed by atoms with Crippen molar-refractivity contribution < 1.29 is 13.9 Å². The molecule has 1 saturated carbocycles. The summed E-state index contributed by atoms with van der Waals surface area (Å²) in [4.78, 5) is 24.7. The minimum Gasteiger partial charge on any atom is -0.497 e. The number of nitrogens with one attached hydrogen (secondary N) is 2. The highest BCUT2D eigenvalue weighted by Gasteiger charge is 2.31. The first-order valence-corrected chi connectivity index (χ1v) is 10.0. The molecule has 1 fully saturated rings. The molecule has 1 aliphatic carbocycles. The van der Waals surface area contributed by atoms with Crippen molar-refractivity contribution in [2.75, 3.05) is 20.2 Å². The molecule has 2 amide bonds. The van der Waals surface area contributed by atoms with Crippen molar-refractivity contribution >= 4 is 6.03 Å². The number of carbonyl (C=O) groups is 1. The lowest BCUT2D eigenvalue weighted by molar-refractivity contribution is 0.240. The Morgan fingerprint density at radius 3 is 2.63 bits per heavy atom. The predicted octanol–water partition coefficient (Wildman–Crippen LogP) is 2.19. The number of rotatable bonds is 9. The van der Waals surface area contributed by atoms with Gasteiger partial charge in [0.15, 0.2) is 5.76 Å².